The molecular formula is C22H33N3O12. The van der Waals surface area contributed by atoms with Crippen molar-refractivity contribution in [2.24, 2.45) is 0 Å². The predicted octanol–water partition coefficient (Wildman–Crippen LogP) is -4.39. The Morgan fingerprint density at radius 1 is 0.784 bits per heavy atom. The topological polar surface area (TPSA) is 234 Å². The van der Waals surface area contributed by atoms with Crippen LogP contribution in [0.15, 0.2) is 24.3 Å². The van der Waals surface area contributed by atoms with Gasteiger partial charge < -0.3 is 60.4 Å². The van der Waals surface area contributed by atoms with Crippen molar-refractivity contribution in [2.75, 3.05) is 36.5 Å². The third-order valence-corrected chi connectivity index (χ3v) is 6.69. The number of cyclic esters (lactones) is 1. The van der Waals surface area contributed by atoms with Gasteiger partial charge in [0, 0.05) is 17.9 Å². The molecule has 0 bridgehead atoms. The van der Waals surface area contributed by atoms with E-state index < -0.39 is 86.7 Å². The lowest BCUT2D eigenvalue weighted by molar-refractivity contribution is -0.237. The predicted molar refractivity (Wildman–Crippen MR) is 123 cm³/mol. The van der Waals surface area contributed by atoms with E-state index in [0.717, 1.165) is 0 Å². The van der Waals surface area contributed by atoms with E-state index in [0.29, 0.717) is 11.4 Å². The smallest absolute Gasteiger partial charge is 0.414 e. The van der Waals surface area contributed by atoms with E-state index in [-0.39, 0.29) is 13.1 Å². The largest absolute Gasteiger partial charge is 0.443 e. The van der Waals surface area contributed by atoms with Crippen molar-refractivity contribution >= 4 is 17.5 Å². The summed E-state index contributed by atoms with van der Waals surface area (Å²) in [5.74, 6) is 0. The highest BCUT2D eigenvalue weighted by molar-refractivity contribution is 5.90. The first-order valence-electron chi connectivity index (χ1n) is 11.8. The van der Waals surface area contributed by atoms with Crippen molar-refractivity contribution in [3.8, 4) is 0 Å². The Hall–Kier alpha value is -2.15. The molecule has 1 aromatic rings. The maximum atomic E-state index is 12.4. The standard InChI is InChI=1S/C22H33N3O12/c26-7-12-14(28)16(30)18(32)20(36-12)23-5-11-6-25(22(34)35-11)10-3-1-9(2-4-10)24-21-19(33)17(31)15(29)13(8-27)37-21/h1-4,11-21,23-24,26-33H,5-8H2/t11-,12?,13?,14+,15-,16?,17-,18-,19?,20-,21+/m0/s1. The molecule has 15 heteroatoms. The molecule has 3 aliphatic rings. The molecule has 15 nitrogen and oxygen atoms in total. The van der Waals surface area contributed by atoms with Gasteiger partial charge in [-0.25, -0.2) is 4.79 Å². The first-order chi connectivity index (χ1) is 17.6. The highest BCUT2D eigenvalue weighted by atomic mass is 16.6. The zero-order valence-electron chi connectivity index (χ0n) is 19.6. The van der Waals surface area contributed by atoms with Crippen LogP contribution in [0.1, 0.15) is 0 Å². The van der Waals surface area contributed by atoms with Gasteiger partial charge >= 0.3 is 6.09 Å². The fourth-order valence-corrected chi connectivity index (χ4v) is 4.48. The van der Waals surface area contributed by atoms with E-state index in [1.807, 2.05) is 0 Å². The van der Waals surface area contributed by atoms with Crippen LogP contribution < -0.4 is 15.5 Å². The summed E-state index contributed by atoms with van der Waals surface area (Å²) in [5.41, 5.74) is 0.973. The van der Waals surface area contributed by atoms with Crippen molar-refractivity contribution in [1.29, 1.82) is 0 Å². The normalized spacial score (nSPS) is 40.5. The highest BCUT2D eigenvalue weighted by Crippen LogP contribution is 2.27. The van der Waals surface area contributed by atoms with Crippen LogP contribution in [0.2, 0.25) is 0 Å². The van der Waals surface area contributed by atoms with Crippen molar-refractivity contribution in [2.45, 2.75) is 67.4 Å². The van der Waals surface area contributed by atoms with Gasteiger partial charge in [0.1, 0.15) is 61.2 Å². The van der Waals surface area contributed by atoms with Gasteiger partial charge in [-0.05, 0) is 24.3 Å². The third kappa shape index (κ3) is 5.81. The Morgan fingerprint density at radius 2 is 1.32 bits per heavy atom. The van der Waals surface area contributed by atoms with Gasteiger partial charge in [-0.3, -0.25) is 10.2 Å². The second-order valence-corrected chi connectivity index (χ2v) is 9.21. The Kier molecular flexibility index (Phi) is 8.82. The minimum absolute atomic E-state index is 0.0572. The summed E-state index contributed by atoms with van der Waals surface area (Å²) in [6, 6.07) is 6.43. The molecule has 0 aliphatic carbocycles. The number of carbonyl (C=O) groups excluding carboxylic acids is 1. The Bertz CT molecular complexity index is 905. The van der Waals surface area contributed by atoms with E-state index in [9.17, 15) is 45.6 Å². The molecule has 0 aromatic heterocycles. The molecule has 3 heterocycles. The summed E-state index contributed by atoms with van der Waals surface area (Å²) in [6.07, 6.45) is -14.5. The SMILES string of the molecule is O=C1O[C@@H](CN[C@H]2OC(CO)[C@@H](O)C(O)[C@@H]2O)CN1c1ccc(N[C@@H]2OC(CO)[C@H](O)[C@H](O)C2O)cc1. The van der Waals surface area contributed by atoms with Crippen molar-refractivity contribution in [3.05, 3.63) is 24.3 Å². The number of anilines is 2. The maximum Gasteiger partial charge on any atom is 0.414 e. The number of amides is 1. The molecule has 11 atom stereocenters. The first kappa shape index (κ1) is 27.9. The summed E-state index contributed by atoms with van der Waals surface area (Å²) in [7, 11) is 0. The van der Waals surface area contributed by atoms with Crippen molar-refractivity contribution in [1.82, 2.24) is 5.32 Å². The van der Waals surface area contributed by atoms with Crippen LogP contribution in [0.4, 0.5) is 16.2 Å². The van der Waals surface area contributed by atoms with Crippen LogP contribution >= 0.6 is 0 Å². The number of benzene rings is 1. The molecule has 0 saturated carbocycles. The number of aliphatic hydroxyl groups is 8. The van der Waals surface area contributed by atoms with Gasteiger partial charge in [-0.2, -0.15) is 0 Å². The summed E-state index contributed by atoms with van der Waals surface area (Å²) in [4.78, 5) is 13.8. The Labute approximate surface area is 211 Å². The second kappa shape index (κ2) is 11.7. The monoisotopic (exact) mass is 531 g/mol. The average Bonchev–Trinajstić information content (AvgIpc) is 3.27. The van der Waals surface area contributed by atoms with Crippen LogP contribution in [-0.2, 0) is 14.2 Å². The molecule has 37 heavy (non-hydrogen) atoms. The first-order valence-corrected chi connectivity index (χ1v) is 11.8. The molecule has 1 aromatic carbocycles. The second-order valence-electron chi connectivity index (χ2n) is 9.21. The van der Waals surface area contributed by atoms with Crippen molar-refractivity contribution < 1.29 is 59.9 Å². The van der Waals surface area contributed by atoms with E-state index in [1.54, 1.807) is 24.3 Å². The van der Waals surface area contributed by atoms with Gasteiger partial charge in [0.05, 0.1) is 19.8 Å². The molecular weight excluding hydrogens is 498 g/mol. The van der Waals surface area contributed by atoms with Crippen LogP contribution in [0.25, 0.3) is 0 Å². The van der Waals surface area contributed by atoms with Gasteiger partial charge in [0.25, 0.3) is 0 Å². The van der Waals surface area contributed by atoms with Crippen LogP contribution in [0.5, 0.6) is 0 Å². The summed E-state index contributed by atoms with van der Waals surface area (Å²) >= 11 is 0. The summed E-state index contributed by atoms with van der Waals surface area (Å²) in [6.45, 7) is -0.896. The lowest BCUT2D eigenvalue weighted by Gasteiger charge is -2.40. The third-order valence-electron chi connectivity index (χ3n) is 6.69. The van der Waals surface area contributed by atoms with E-state index in [4.69, 9.17) is 14.2 Å². The van der Waals surface area contributed by atoms with Gasteiger partial charge in [-0.1, -0.05) is 0 Å². The Morgan fingerprint density at radius 3 is 1.89 bits per heavy atom. The fourth-order valence-electron chi connectivity index (χ4n) is 4.48. The fraction of sp³-hybridized carbons (Fsp3) is 0.682. The van der Waals surface area contributed by atoms with Crippen LogP contribution in [0, 0.1) is 0 Å². The van der Waals surface area contributed by atoms with E-state index in [2.05, 4.69) is 10.6 Å². The van der Waals surface area contributed by atoms with E-state index >= 15 is 0 Å². The van der Waals surface area contributed by atoms with Gasteiger partial charge in [0.15, 0.2) is 6.23 Å². The number of nitrogens with zero attached hydrogens (tertiary/aromatic N) is 1. The van der Waals surface area contributed by atoms with Gasteiger partial charge in [0.2, 0.25) is 0 Å². The molecule has 208 valence electrons. The van der Waals surface area contributed by atoms with Crippen LogP contribution in [-0.4, -0.2) is 141 Å². The van der Waals surface area contributed by atoms with Crippen molar-refractivity contribution in [3.63, 3.8) is 0 Å². The Balaban J connectivity index is 1.32. The lowest BCUT2D eigenvalue weighted by atomic mass is 9.98. The molecule has 3 fully saturated rings. The molecule has 0 radical (unpaired) electrons. The number of hydrogen-bond donors (Lipinski definition) is 10. The average molecular weight is 532 g/mol. The molecule has 1 amide bonds. The highest BCUT2D eigenvalue weighted by Gasteiger charge is 2.45. The number of ether oxygens (including phenoxy) is 3. The summed E-state index contributed by atoms with van der Waals surface area (Å²) in [5, 5.41) is 84.2. The molecule has 3 saturated heterocycles. The van der Waals surface area contributed by atoms with E-state index in [1.165, 1.54) is 4.90 Å². The lowest BCUT2D eigenvalue weighted by Crippen LogP contribution is -2.63. The minimum atomic E-state index is -1.53. The minimum Gasteiger partial charge on any atom is -0.443 e. The number of nitrogens with one attached hydrogen (secondary N) is 2. The van der Waals surface area contributed by atoms with Crippen LogP contribution in [0.3, 0.4) is 0 Å². The zero-order valence-corrected chi connectivity index (χ0v) is 19.6. The number of rotatable bonds is 8. The molecule has 3 aliphatic heterocycles. The molecule has 0 spiro atoms. The number of hydrogen-bond acceptors (Lipinski definition) is 14. The number of aliphatic hydroxyl groups excluding tert-OH is 8. The molecule has 4 unspecified atom stereocenters. The zero-order chi connectivity index (χ0) is 26.9. The summed E-state index contributed by atoms with van der Waals surface area (Å²) < 4.78 is 16.2. The number of carbonyl (C=O) groups is 1. The van der Waals surface area contributed by atoms with Gasteiger partial charge in [-0.15, -0.1) is 0 Å². The maximum absolute atomic E-state index is 12.4. The molecule has 10 N–H and O–H groups in total. The molecule has 4 rings (SSSR count). The quantitative estimate of drug-likeness (QED) is 0.153.